The number of nitrogens with one attached hydrogen (secondary N) is 1. The van der Waals surface area contributed by atoms with Crippen LogP contribution in [0.15, 0.2) is 39.3 Å². The van der Waals surface area contributed by atoms with Gasteiger partial charge >= 0.3 is 0 Å². The first-order valence-corrected chi connectivity index (χ1v) is 8.63. The number of rotatable bonds is 4. The molecule has 2 aromatic heterocycles. The largest absolute Gasteiger partial charge is 0.506 e. The summed E-state index contributed by atoms with van der Waals surface area (Å²) in [7, 11) is 0. The molecule has 1 amide bonds. The summed E-state index contributed by atoms with van der Waals surface area (Å²) in [6, 6.07) is 9.18. The molecular formula is C16H14N2O3S2. The molecule has 3 rings (SSSR count). The van der Waals surface area contributed by atoms with Crippen LogP contribution >= 0.6 is 23.1 Å². The van der Waals surface area contributed by atoms with Gasteiger partial charge in [-0.3, -0.25) is 9.59 Å². The monoisotopic (exact) mass is 346 g/mol. The molecule has 23 heavy (non-hydrogen) atoms. The van der Waals surface area contributed by atoms with Crippen LogP contribution in [0, 0.1) is 6.92 Å². The highest BCUT2D eigenvalue weighted by atomic mass is 32.2. The van der Waals surface area contributed by atoms with Crippen molar-refractivity contribution in [2.45, 2.75) is 16.9 Å². The molecule has 7 heteroatoms. The number of pyridine rings is 1. The van der Waals surface area contributed by atoms with Crippen molar-refractivity contribution < 1.29 is 9.90 Å². The van der Waals surface area contributed by atoms with Crippen LogP contribution in [0.4, 0.5) is 0 Å². The summed E-state index contributed by atoms with van der Waals surface area (Å²) < 4.78 is 1.15. The highest BCUT2D eigenvalue weighted by Crippen LogP contribution is 2.41. The fourth-order valence-electron chi connectivity index (χ4n) is 2.34. The van der Waals surface area contributed by atoms with Crippen LogP contribution in [-0.4, -0.2) is 16.0 Å². The van der Waals surface area contributed by atoms with E-state index in [1.165, 1.54) is 23.1 Å². The number of thioether (sulfide) groups is 1. The molecule has 0 saturated carbocycles. The first kappa shape index (κ1) is 15.6. The Morgan fingerprint density at radius 3 is 2.87 bits per heavy atom. The number of aromatic hydroxyl groups is 1. The molecule has 0 radical (unpaired) electrons. The van der Waals surface area contributed by atoms with Gasteiger partial charge in [-0.25, -0.2) is 0 Å². The van der Waals surface area contributed by atoms with E-state index in [1.54, 1.807) is 0 Å². The van der Waals surface area contributed by atoms with Gasteiger partial charge in [-0.1, -0.05) is 29.8 Å². The molecule has 118 valence electrons. The van der Waals surface area contributed by atoms with Crippen molar-refractivity contribution in [2.24, 2.45) is 5.73 Å². The smallest absolute Gasteiger partial charge is 0.252 e. The van der Waals surface area contributed by atoms with Gasteiger partial charge in [0.05, 0.1) is 20.0 Å². The number of aromatic nitrogens is 1. The van der Waals surface area contributed by atoms with Gasteiger partial charge in [0, 0.05) is 11.8 Å². The zero-order valence-corrected chi connectivity index (χ0v) is 13.9. The number of H-pyrrole nitrogens is 1. The first-order valence-electron chi connectivity index (χ1n) is 6.82. The van der Waals surface area contributed by atoms with Crippen molar-refractivity contribution in [2.75, 3.05) is 0 Å². The number of nitrogens with two attached hydrogens (primary N) is 1. The number of hydrogen-bond acceptors (Lipinski definition) is 5. The van der Waals surface area contributed by atoms with Gasteiger partial charge in [0.2, 0.25) is 0 Å². The summed E-state index contributed by atoms with van der Waals surface area (Å²) in [5, 5.41) is 9.92. The number of thiophene rings is 1. The predicted octanol–water partition coefficient (Wildman–Crippen LogP) is 2.99. The van der Waals surface area contributed by atoms with Crippen LogP contribution in [0.5, 0.6) is 5.75 Å². The second-order valence-electron chi connectivity index (χ2n) is 5.13. The van der Waals surface area contributed by atoms with E-state index in [2.05, 4.69) is 11.1 Å². The molecule has 3 aromatic rings. The van der Waals surface area contributed by atoms with Crippen molar-refractivity contribution >= 4 is 39.2 Å². The number of fused-ring (bicyclic) bond motifs is 1. The van der Waals surface area contributed by atoms with Gasteiger partial charge in [-0.15, -0.1) is 23.1 Å². The molecule has 0 spiro atoms. The van der Waals surface area contributed by atoms with Gasteiger partial charge in [0.1, 0.15) is 5.75 Å². The van der Waals surface area contributed by atoms with E-state index >= 15 is 0 Å². The van der Waals surface area contributed by atoms with Crippen molar-refractivity contribution in [3.63, 3.8) is 0 Å². The van der Waals surface area contributed by atoms with Crippen LogP contribution in [-0.2, 0) is 5.75 Å². The highest BCUT2D eigenvalue weighted by molar-refractivity contribution is 8.00. The lowest BCUT2D eigenvalue weighted by molar-refractivity contribution is 0.0999. The van der Waals surface area contributed by atoms with E-state index in [0.29, 0.717) is 20.2 Å². The minimum atomic E-state index is -0.621. The Kier molecular flexibility index (Phi) is 4.14. The van der Waals surface area contributed by atoms with E-state index in [9.17, 15) is 14.7 Å². The number of primary amides is 1. The third-order valence-corrected chi connectivity index (χ3v) is 5.88. The van der Waals surface area contributed by atoms with Crippen molar-refractivity contribution in [3.8, 4) is 5.75 Å². The molecule has 0 fully saturated rings. The van der Waals surface area contributed by atoms with E-state index in [1.807, 2.05) is 25.1 Å². The summed E-state index contributed by atoms with van der Waals surface area (Å²) in [4.78, 5) is 25.9. The molecule has 5 nitrogen and oxygen atoms in total. The average Bonchev–Trinajstić information content (AvgIpc) is 2.84. The number of aryl methyl sites for hydroxylation is 1. The maximum absolute atomic E-state index is 11.8. The van der Waals surface area contributed by atoms with E-state index in [0.717, 1.165) is 17.2 Å². The summed E-state index contributed by atoms with van der Waals surface area (Å²) in [6.45, 7) is 2.02. The zero-order chi connectivity index (χ0) is 16.6. The average molecular weight is 346 g/mol. The number of benzene rings is 1. The fourth-order valence-corrected chi connectivity index (χ4v) is 4.73. The second kappa shape index (κ2) is 6.10. The van der Waals surface area contributed by atoms with Gasteiger partial charge in [-0.05, 0) is 12.5 Å². The van der Waals surface area contributed by atoms with Gasteiger partial charge < -0.3 is 15.8 Å². The summed E-state index contributed by atoms with van der Waals surface area (Å²) >= 11 is 2.71. The number of carbonyl (C=O) groups is 1. The zero-order valence-electron chi connectivity index (χ0n) is 12.3. The van der Waals surface area contributed by atoms with Gasteiger partial charge in [0.15, 0.2) is 0 Å². The van der Waals surface area contributed by atoms with E-state index < -0.39 is 11.5 Å². The lowest BCUT2D eigenvalue weighted by atomic mass is 10.2. The topological polar surface area (TPSA) is 96.2 Å². The molecule has 0 bridgehead atoms. The van der Waals surface area contributed by atoms with E-state index in [-0.39, 0.29) is 11.3 Å². The van der Waals surface area contributed by atoms with Crippen LogP contribution in [0.3, 0.4) is 0 Å². The minimum Gasteiger partial charge on any atom is -0.506 e. The van der Waals surface area contributed by atoms with Gasteiger partial charge in [-0.2, -0.15) is 0 Å². The number of carbonyl (C=O) groups excluding carboxylic acids is 1. The Morgan fingerprint density at radius 2 is 2.17 bits per heavy atom. The number of aromatic amines is 1. The molecule has 1 aromatic carbocycles. The number of amides is 1. The normalized spacial score (nSPS) is 11.0. The molecule has 0 atom stereocenters. The number of hydrogen-bond donors (Lipinski definition) is 3. The first-order chi connectivity index (χ1) is 11.0. The Bertz CT molecular complexity index is 960. The highest BCUT2D eigenvalue weighted by Gasteiger charge is 2.20. The summed E-state index contributed by atoms with van der Waals surface area (Å²) in [6.07, 6.45) is 0. The van der Waals surface area contributed by atoms with Crippen LogP contribution < -0.4 is 11.3 Å². The Balaban J connectivity index is 2.03. The van der Waals surface area contributed by atoms with Crippen molar-refractivity contribution in [1.29, 1.82) is 0 Å². The third-order valence-electron chi connectivity index (χ3n) is 3.32. The molecule has 0 unspecified atom stereocenters. The molecule has 0 aliphatic heterocycles. The standard InChI is InChI=1S/C16H14N2O3S2/c1-8-3-2-4-9(5-8)7-22-16-12(15(17)21)13-14(23-16)10(19)6-11(20)18-13/h2-6H,7H2,1H3,(H2,17,21)(H2,18,19,20). The Labute approximate surface area is 140 Å². The Morgan fingerprint density at radius 1 is 1.39 bits per heavy atom. The predicted molar refractivity (Wildman–Crippen MR) is 93.4 cm³/mol. The second-order valence-corrected chi connectivity index (χ2v) is 7.39. The summed E-state index contributed by atoms with van der Waals surface area (Å²) in [5.74, 6) is -0.0948. The summed E-state index contributed by atoms with van der Waals surface area (Å²) in [5.41, 5.74) is 7.86. The van der Waals surface area contributed by atoms with Crippen LogP contribution in [0.25, 0.3) is 10.2 Å². The third kappa shape index (κ3) is 3.11. The van der Waals surface area contributed by atoms with Gasteiger partial charge in [0.25, 0.3) is 11.5 Å². The minimum absolute atomic E-state index is 0.140. The lowest BCUT2D eigenvalue weighted by Crippen LogP contribution is -2.13. The fraction of sp³-hybridized carbons (Fsp3) is 0.125. The maximum Gasteiger partial charge on any atom is 0.252 e. The molecule has 0 aliphatic carbocycles. The molecular weight excluding hydrogens is 332 g/mol. The molecule has 2 heterocycles. The Hall–Kier alpha value is -2.25. The molecule has 0 aliphatic rings. The lowest BCUT2D eigenvalue weighted by Gasteiger charge is -2.03. The van der Waals surface area contributed by atoms with Crippen molar-refractivity contribution in [1.82, 2.24) is 4.98 Å². The quantitative estimate of drug-likeness (QED) is 0.633. The maximum atomic E-state index is 11.8. The van der Waals surface area contributed by atoms with Crippen molar-refractivity contribution in [3.05, 3.63) is 57.4 Å². The van der Waals surface area contributed by atoms with Crippen LogP contribution in [0.2, 0.25) is 0 Å². The van der Waals surface area contributed by atoms with Crippen LogP contribution in [0.1, 0.15) is 21.5 Å². The molecule has 0 saturated heterocycles. The molecule has 4 N–H and O–H groups in total. The van der Waals surface area contributed by atoms with E-state index in [4.69, 9.17) is 5.73 Å². The SMILES string of the molecule is Cc1cccc(CSc2sc3c(O)cc(=O)[nH]c3c2C(N)=O)c1.